The Hall–Kier alpha value is -1.85. The number of fused-ring (bicyclic) bond motifs is 7. The first-order chi connectivity index (χ1) is 18.5. The van der Waals surface area contributed by atoms with E-state index in [9.17, 15) is 19.5 Å². The summed E-state index contributed by atoms with van der Waals surface area (Å²) in [6.07, 6.45) is 11.4. The average Bonchev–Trinajstić information content (AvgIpc) is 2.85. The zero-order chi connectivity index (χ0) is 29.5. The highest BCUT2D eigenvalue weighted by Crippen LogP contribution is 2.75. The molecule has 4 fully saturated rings. The number of hydrogen-bond acceptors (Lipinski definition) is 5. The van der Waals surface area contributed by atoms with E-state index in [1.807, 2.05) is 0 Å². The number of hydrogen-bond donors (Lipinski definition) is 1. The summed E-state index contributed by atoms with van der Waals surface area (Å²) in [5.41, 5.74) is 0.493. The summed E-state index contributed by atoms with van der Waals surface area (Å²) in [4.78, 5) is 36.6. The molecule has 0 aliphatic heterocycles. The molecule has 0 amide bonds. The van der Waals surface area contributed by atoms with Gasteiger partial charge in [0.25, 0.3) is 0 Å². The fourth-order valence-electron chi connectivity index (χ4n) is 11.3. The van der Waals surface area contributed by atoms with Crippen LogP contribution in [-0.4, -0.2) is 35.7 Å². The average molecular weight is 557 g/mol. The predicted octanol–water partition coefficient (Wildman–Crippen LogP) is 7.35. The maximum absolute atomic E-state index is 13.0. The van der Waals surface area contributed by atoms with Crippen LogP contribution < -0.4 is 0 Å². The number of carbonyl (C=O) groups excluding carboxylic acids is 2. The molecule has 1 N–H and O–H groups in total. The van der Waals surface area contributed by atoms with Crippen LogP contribution in [0.25, 0.3) is 0 Å². The molecule has 0 aromatic heterocycles. The second-order valence-corrected chi connectivity index (χ2v) is 16.1. The van der Waals surface area contributed by atoms with Crippen LogP contribution in [0.15, 0.2) is 11.6 Å². The number of allylic oxidation sites excluding steroid dienone is 2. The summed E-state index contributed by atoms with van der Waals surface area (Å²) < 4.78 is 11.4. The molecule has 6 nitrogen and oxygen atoms in total. The van der Waals surface area contributed by atoms with Crippen molar-refractivity contribution in [2.24, 2.45) is 50.2 Å². The van der Waals surface area contributed by atoms with E-state index in [4.69, 9.17) is 9.47 Å². The van der Waals surface area contributed by atoms with Crippen molar-refractivity contribution >= 4 is 17.9 Å². The van der Waals surface area contributed by atoms with Gasteiger partial charge in [0.1, 0.15) is 6.10 Å². The number of ether oxygens (including phenoxy) is 2. The van der Waals surface area contributed by atoms with Crippen LogP contribution in [0.2, 0.25) is 0 Å². The Kier molecular flexibility index (Phi) is 6.91. The molecule has 0 radical (unpaired) electrons. The minimum absolute atomic E-state index is 0.0301. The van der Waals surface area contributed by atoms with Gasteiger partial charge in [0.05, 0.1) is 12.0 Å². The molecule has 0 aromatic carbocycles. The third kappa shape index (κ3) is 4.04. The molecule has 224 valence electrons. The molecule has 5 aliphatic carbocycles. The normalized spacial score (nSPS) is 47.4. The molecule has 0 spiro atoms. The molecule has 9 atom stereocenters. The first-order valence-corrected chi connectivity index (χ1v) is 15.7. The molecule has 5 rings (SSSR count). The molecule has 0 unspecified atom stereocenters. The number of rotatable bonds is 4. The third-order valence-corrected chi connectivity index (χ3v) is 13.8. The van der Waals surface area contributed by atoms with Crippen LogP contribution in [0.1, 0.15) is 120 Å². The number of esters is 2. The van der Waals surface area contributed by atoms with Gasteiger partial charge < -0.3 is 14.6 Å². The van der Waals surface area contributed by atoms with Crippen molar-refractivity contribution < 1.29 is 29.0 Å². The van der Waals surface area contributed by atoms with Gasteiger partial charge in [-0.1, -0.05) is 53.2 Å². The molecular formula is C34H52O6. The van der Waals surface area contributed by atoms with E-state index in [0.717, 1.165) is 51.4 Å². The Morgan fingerprint density at radius 3 is 2.17 bits per heavy atom. The lowest BCUT2D eigenvalue weighted by atomic mass is 9.33. The topological polar surface area (TPSA) is 89.9 Å². The summed E-state index contributed by atoms with van der Waals surface area (Å²) >= 11 is 0. The smallest absolute Gasteiger partial charge is 0.310 e. The van der Waals surface area contributed by atoms with Crippen LogP contribution in [0, 0.1) is 50.2 Å². The fourth-order valence-corrected chi connectivity index (χ4v) is 11.3. The summed E-state index contributed by atoms with van der Waals surface area (Å²) in [5, 5.41) is 10.7. The minimum atomic E-state index is -0.727. The first-order valence-electron chi connectivity index (χ1n) is 15.7. The van der Waals surface area contributed by atoms with Gasteiger partial charge in [-0.25, -0.2) is 0 Å². The second kappa shape index (κ2) is 9.33. The van der Waals surface area contributed by atoms with Crippen LogP contribution in [0.3, 0.4) is 0 Å². The van der Waals surface area contributed by atoms with E-state index in [-0.39, 0.29) is 51.0 Å². The van der Waals surface area contributed by atoms with E-state index in [1.54, 1.807) is 0 Å². The minimum Gasteiger partial charge on any atom is -0.481 e. The monoisotopic (exact) mass is 556 g/mol. The van der Waals surface area contributed by atoms with Gasteiger partial charge in [0, 0.05) is 24.7 Å². The lowest BCUT2D eigenvalue weighted by molar-refractivity contribution is -0.213. The van der Waals surface area contributed by atoms with Crippen molar-refractivity contribution in [2.75, 3.05) is 6.61 Å². The van der Waals surface area contributed by atoms with Crippen LogP contribution in [-0.2, 0) is 23.9 Å². The van der Waals surface area contributed by atoms with Gasteiger partial charge >= 0.3 is 17.9 Å². The Bertz CT molecular complexity index is 1120. The van der Waals surface area contributed by atoms with Gasteiger partial charge in [0.2, 0.25) is 0 Å². The molecule has 5 aliphatic rings. The zero-order valence-electron chi connectivity index (χ0n) is 26.2. The van der Waals surface area contributed by atoms with Crippen molar-refractivity contribution in [1.29, 1.82) is 0 Å². The van der Waals surface area contributed by atoms with E-state index in [0.29, 0.717) is 31.3 Å². The fraction of sp³-hybridized carbons (Fsp3) is 0.853. The molecule has 0 heterocycles. The van der Waals surface area contributed by atoms with Crippen molar-refractivity contribution in [1.82, 2.24) is 0 Å². The highest BCUT2D eigenvalue weighted by atomic mass is 16.5. The molecule has 4 saturated carbocycles. The van der Waals surface area contributed by atoms with Gasteiger partial charge in [-0.2, -0.15) is 0 Å². The quantitative estimate of drug-likeness (QED) is 0.288. The predicted molar refractivity (Wildman–Crippen MR) is 153 cm³/mol. The third-order valence-electron chi connectivity index (χ3n) is 13.8. The van der Waals surface area contributed by atoms with Crippen LogP contribution in [0.4, 0.5) is 0 Å². The van der Waals surface area contributed by atoms with Gasteiger partial charge in [-0.15, -0.1) is 0 Å². The highest BCUT2D eigenvalue weighted by molar-refractivity contribution is 5.76. The Balaban J connectivity index is 1.53. The second-order valence-electron chi connectivity index (χ2n) is 16.1. The van der Waals surface area contributed by atoms with Crippen molar-refractivity contribution in [3.8, 4) is 0 Å². The number of carboxylic acids is 1. The lowest BCUT2D eigenvalue weighted by Crippen LogP contribution is -2.65. The Morgan fingerprint density at radius 2 is 1.55 bits per heavy atom. The Morgan fingerprint density at radius 1 is 0.875 bits per heavy atom. The van der Waals surface area contributed by atoms with Crippen molar-refractivity contribution in [2.45, 2.75) is 126 Å². The Labute approximate surface area is 241 Å². The summed E-state index contributed by atoms with van der Waals surface area (Å²) in [5.74, 6) is -0.164. The summed E-state index contributed by atoms with van der Waals surface area (Å²) in [6, 6.07) is 0. The van der Waals surface area contributed by atoms with Crippen LogP contribution >= 0.6 is 0 Å². The van der Waals surface area contributed by atoms with Crippen molar-refractivity contribution in [3.05, 3.63) is 11.6 Å². The maximum atomic E-state index is 13.0. The SMILES string of the molecule is CC(=O)OC[C@@]1(C)CC[C@]2(C(=O)O)CC[C@]3(C)C(=CC[C@H]4[C@@]5(C)CC[C@H](OC(C)=O)C(C)(C)[C@@H]5CC[C@]43C)[C@H]2C1. The lowest BCUT2D eigenvalue weighted by Gasteiger charge is -2.71. The number of carboxylic acid groups (broad SMARTS) is 1. The summed E-state index contributed by atoms with van der Waals surface area (Å²) in [7, 11) is 0. The molecular weight excluding hydrogens is 504 g/mol. The molecule has 6 heteroatoms. The largest absolute Gasteiger partial charge is 0.481 e. The number of aliphatic carboxylic acids is 1. The molecule has 40 heavy (non-hydrogen) atoms. The molecule has 0 bridgehead atoms. The highest BCUT2D eigenvalue weighted by Gasteiger charge is 2.69. The van der Waals surface area contributed by atoms with E-state index in [1.165, 1.54) is 19.4 Å². The van der Waals surface area contributed by atoms with Gasteiger partial charge in [-0.3, -0.25) is 14.4 Å². The van der Waals surface area contributed by atoms with Crippen molar-refractivity contribution in [3.63, 3.8) is 0 Å². The van der Waals surface area contributed by atoms with Gasteiger partial charge in [-0.05, 0) is 98.2 Å². The van der Waals surface area contributed by atoms with E-state index >= 15 is 0 Å². The zero-order valence-corrected chi connectivity index (χ0v) is 26.2. The molecule has 0 saturated heterocycles. The number of carbonyl (C=O) groups is 3. The van der Waals surface area contributed by atoms with E-state index in [2.05, 4.69) is 47.6 Å². The standard InChI is InChI=1S/C34H52O6/c1-21(35)39-20-30(5)15-17-34(28(37)38)18-16-32(7)23(24(34)19-30)9-10-26-31(6)13-12-27(40-22(2)36)29(3,4)25(31)11-14-33(26,32)8/h9,24-27H,10-20H2,1-8H3,(H,37,38)/t24-,25+,26+,27+,30+,31+,32-,33-,34+/m1/s1. The summed E-state index contributed by atoms with van der Waals surface area (Å²) in [6.45, 7) is 17.6. The van der Waals surface area contributed by atoms with E-state index < -0.39 is 11.4 Å². The molecule has 0 aromatic rings. The maximum Gasteiger partial charge on any atom is 0.310 e. The van der Waals surface area contributed by atoms with Gasteiger partial charge in [0.15, 0.2) is 0 Å². The van der Waals surface area contributed by atoms with Crippen LogP contribution in [0.5, 0.6) is 0 Å². The first kappa shape index (κ1) is 29.6.